The fraction of sp³-hybridized carbons (Fsp3) is 0.650. The van der Waals surface area contributed by atoms with Crippen LogP contribution in [-0.4, -0.2) is 12.2 Å². The third kappa shape index (κ3) is 9.27. The molecule has 0 amide bonds. The highest BCUT2D eigenvalue weighted by atomic mass is 32.2. The molecule has 2 heterocycles. The Morgan fingerprint density at radius 2 is 1.40 bits per heavy atom. The van der Waals surface area contributed by atoms with Gasteiger partial charge >= 0.3 is 0 Å². The standard InChI is InChI=1S/C80H100OS/c1-2-16-54-45-56(40-35-49(54)15-1)55-17-13-18-57(46-55)77-66-24-7-9-26-68(66)78(69-27-10-8-25-67(69)77)58-41-43-73-71(47-58)70-29-14-28-60(80(70)81-73)52-36-31-50(32-37-52)51-33-38-53(39-34-51)76-62-20-3-5-22-64(62)79(65-23-6-4-21-63(65)76)59-42-44-75-72(48-59)61-19-11-12-30-74(61)82-75/h3,5,7-9,12,20,22,25,28,30-31,36-37,42,44-45,49-51,53,55-58,62-63,65-66,68-73,76,78,80H,1-2,4,6,10-11,13-19,21,23-24,26-27,29,32-35,38-41,43,46-48H2. The minimum absolute atomic E-state index is 0.316. The van der Waals surface area contributed by atoms with Gasteiger partial charge in [0.1, 0.15) is 0 Å². The Bertz CT molecular complexity index is 2970. The largest absolute Gasteiger partial charge is 0.370 e. The summed E-state index contributed by atoms with van der Waals surface area (Å²) in [6.07, 6.45) is 88.3. The van der Waals surface area contributed by atoms with Crippen LogP contribution in [0.3, 0.4) is 0 Å². The van der Waals surface area contributed by atoms with Gasteiger partial charge in [0.15, 0.2) is 0 Å². The van der Waals surface area contributed by atoms with Gasteiger partial charge in [-0.2, -0.15) is 0 Å². The molecule has 2 heteroatoms. The zero-order valence-corrected chi connectivity index (χ0v) is 51.0. The van der Waals surface area contributed by atoms with Crippen LogP contribution in [0.15, 0.2) is 163 Å². The quantitative estimate of drug-likeness (QED) is 0.235. The Morgan fingerprint density at radius 3 is 2.35 bits per heavy atom. The molecular weight excluding hydrogens is 1010 g/mol. The molecule has 6 fully saturated rings. The molecule has 0 bridgehead atoms. The molecule has 5 saturated carbocycles. The van der Waals surface area contributed by atoms with Crippen LogP contribution in [0.25, 0.3) is 0 Å². The maximum Gasteiger partial charge on any atom is 0.0863 e. The predicted octanol–water partition coefficient (Wildman–Crippen LogP) is 21.3. The molecular formula is C80H100OS. The predicted molar refractivity (Wildman–Crippen MR) is 342 cm³/mol. The second-order valence-corrected chi connectivity index (χ2v) is 32.0. The Morgan fingerprint density at radius 1 is 0.512 bits per heavy atom. The number of thioether (sulfide) groups is 1. The van der Waals surface area contributed by atoms with Crippen molar-refractivity contribution in [3.05, 3.63) is 163 Å². The van der Waals surface area contributed by atoms with E-state index in [-0.39, 0.29) is 0 Å². The molecule has 19 atom stereocenters. The Hall–Kier alpha value is -3.33. The summed E-state index contributed by atoms with van der Waals surface area (Å²) in [6.45, 7) is 0. The molecule has 1 nitrogen and oxygen atoms in total. The summed E-state index contributed by atoms with van der Waals surface area (Å²) >= 11 is 2.08. The van der Waals surface area contributed by atoms with Crippen molar-refractivity contribution in [1.82, 2.24) is 0 Å². The Balaban J connectivity index is 0.554. The van der Waals surface area contributed by atoms with Gasteiger partial charge in [0.25, 0.3) is 0 Å². The van der Waals surface area contributed by atoms with E-state index in [4.69, 9.17) is 4.74 Å². The summed E-state index contributed by atoms with van der Waals surface area (Å²) in [4.78, 5) is 3.19. The van der Waals surface area contributed by atoms with Crippen LogP contribution in [0, 0.1) is 112 Å². The third-order valence-electron chi connectivity index (χ3n) is 27.5. The lowest BCUT2D eigenvalue weighted by Gasteiger charge is -2.54. The fourth-order valence-corrected chi connectivity index (χ4v) is 25.4. The third-order valence-corrected chi connectivity index (χ3v) is 28.8. The Kier molecular flexibility index (Phi) is 14.5. The van der Waals surface area contributed by atoms with Gasteiger partial charge in [0.05, 0.1) is 12.2 Å². The molecule has 432 valence electrons. The summed E-state index contributed by atoms with van der Waals surface area (Å²) < 4.78 is 7.43. The Labute approximate surface area is 500 Å². The first kappa shape index (κ1) is 53.0. The lowest BCUT2D eigenvalue weighted by Crippen LogP contribution is -2.46. The molecule has 2 aliphatic heterocycles. The van der Waals surface area contributed by atoms with Gasteiger partial charge in [-0.15, -0.1) is 0 Å². The van der Waals surface area contributed by atoms with Crippen molar-refractivity contribution in [1.29, 1.82) is 0 Å². The summed E-state index contributed by atoms with van der Waals surface area (Å²) in [6, 6.07) is 0. The number of rotatable bonds is 7. The lowest BCUT2D eigenvalue weighted by molar-refractivity contribution is -0.00428. The van der Waals surface area contributed by atoms with Crippen LogP contribution in [-0.2, 0) is 4.74 Å². The van der Waals surface area contributed by atoms with Crippen LogP contribution < -0.4 is 0 Å². The number of hydrogen-bond acceptors (Lipinski definition) is 2. The van der Waals surface area contributed by atoms with E-state index in [2.05, 4.69) is 115 Å². The summed E-state index contributed by atoms with van der Waals surface area (Å²) in [5.41, 5.74) is 15.9. The normalized spacial score (nSPS) is 45.5. The molecule has 0 aromatic heterocycles. The second-order valence-electron chi connectivity index (χ2n) is 30.9. The number of fused-ring (bicyclic) bond motifs is 10. The highest BCUT2D eigenvalue weighted by Crippen LogP contribution is 2.63. The summed E-state index contributed by atoms with van der Waals surface area (Å²) in [7, 11) is 0. The van der Waals surface area contributed by atoms with Crippen molar-refractivity contribution in [2.45, 2.75) is 211 Å². The van der Waals surface area contributed by atoms with Crippen molar-refractivity contribution in [3.63, 3.8) is 0 Å². The number of allylic oxidation sites excluding steroid dienone is 25. The average molecular weight is 1110 g/mol. The van der Waals surface area contributed by atoms with Crippen molar-refractivity contribution in [3.8, 4) is 0 Å². The zero-order chi connectivity index (χ0) is 53.8. The molecule has 0 radical (unpaired) electrons. The molecule has 0 spiro atoms. The molecule has 17 aliphatic rings. The topological polar surface area (TPSA) is 9.23 Å². The van der Waals surface area contributed by atoms with Gasteiger partial charge in [0.2, 0.25) is 0 Å². The van der Waals surface area contributed by atoms with E-state index in [1.54, 1.807) is 32.1 Å². The fourth-order valence-electron chi connectivity index (χ4n) is 24.1. The van der Waals surface area contributed by atoms with Crippen molar-refractivity contribution in [2.75, 3.05) is 0 Å². The first-order valence-corrected chi connectivity index (χ1v) is 36.5. The van der Waals surface area contributed by atoms with E-state index in [0.29, 0.717) is 35.9 Å². The van der Waals surface area contributed by atoms with Crippen LogP contribution in [0.1, 0.15) is 199 Å². The zero-order valence-electron chi connectivity index (χ0n) is 50.2. The first-order valence-electron chi connectivity index (χ1n) is 35.7. The van der Waals surface area contributed by atoms with Crippen molar-refractivity contribution in [2.24, 2.45) is 112 Å². The van der Waals surface area contributed by atoms with Gasteiger partial charge in [-0.25, -0.2) is 0 Å². The SMILES string of the molecule is C1=CC2=C(C3=CC=C4SC5=C(CCC=C5)C4C3)C3CCCCC3C(C3CCC(C4C=CC(C5=CCCC6C5OC5CCC(C7C8CCC=CC8=C(C8CCCC(C9C=C%10CCCCC%10CC9)C8)C8CC=CCC87)CC56)=CC4)CC3)C2C=C1. The monoisotopic (exact) mass is 1110 g/mol. The van der Waals surface area contributed by atoms with Crippen molar-refractivity contribution >= 4 is 11.8 Å². The van der Waals surface area contributed by atoms with Gasteiger partial charge in [0, 0.05) is 16.7 Å². The van der Waals surface area contributed by atoms with E-state index in [0.717, 1.165) is 88.8 Å². The minimum Gasteiger partial charge on any atom is -0.370 e. The smallest absolute Gasteiger partial charge is 0.0863 e. The van der Waals surface area contributed by atoms with E-state index in [1.165, 1.54) is 205 Å². The van der Waals surface area contributed by atoms with Gasteiger partial charge in [-0.3, -0.25) is 0 Å². The van der Waals surface area contributed by atoms with Crippen LogP contribution in [0.4, 0.5) is 0 Å². The van der Waals surface area contributed by atoms with Crippen molar-refractivity contribution < 1.29 is 4.74 Å². The summed E-state index contributed by atoms with van der Waals surface area (Å²) in [5, 5.41) is 0. The highest BCUT2D eigenvalue weighted by molar-refractivity contribution is 8.07. The highest BCUT2D eigenvalue weighted by Gasteiger charge is 2.55. The molecule has 15 aliphatic carbocycles. The lowest BCUT2D eigenvalue weighted by atomic mass is 9.51. The molecule has 19 unspecified atom stereocenters. The minimum atomic E-state index is 0.316. The molecule has 1 saturated heterocycles. The van der Waals surface area contributed by atoms with Gasteiger partial charge in [-0.1, -0.05) is 152 Å². The number of ether oxygens (including phenoxy) is 1. The molecule has 0 aromatic rings. The van der Waals surface area contributed by atoms with E-state index < -0.39 is 0 Å². The van der Waals surface area contributed by atoms with Gasteiger partial charge < -0.3 is 4.74 Å². The van der Waals surface area contributed by atoms with E-state index in [1.807, 2.05) is 22.3 Å². The molecule has 17 rings (SSSR count). The molecule has 0 N–H and O–H groups in total. The van der Waals surface area contributed by atoms with Crippen LogP contribution in [0.2, 0.25) is 0 Å². The average Bonchev–Trinajstić information content (AvgIpc) is 2.47. The number of hydrogen-bond donors (Lipinski definition) is 0. The van der Waals surface area contributed by atoms with Crippen LogP contribution in [0.5, 0.6) is 0 Å². The first-order chi connectivity index (χ1) is 40.6. The maximum absolute atomic E-state index is 7.43. The van der Waals surface area contributed by atoms with Crippen LogP contribution >= 0.6 is 11.8 Å². The summed E-state index contributed by atoms with van der Waals surface area (Å²) in [5.74, 6) is 15.2. The van der Waals surface area contributed by atoms with E-state index >= 15 is 0 Å². The molecule has 0 aromatic carbocycles. The molecule has 82 heavy (non-hydrogen) atoms. The van der Waals surface area contributed by atoms with E-state index in [9.17, 15) is 0 Å². The second kappa shape index (κ2) is 22.4. The maximum atomic E-state index is 7.43. The van der Waals surface area contributed by atoms with Gasteiger partial charge in [-0.05, 0) is 318 Å².